The number of rotatable bonds is 2. The molecule has 112 valence electrons. The van der Waals surface area contributed by atoms with Crippen molar-refractivity contribution < 1.29 is 22.7 Å². The van der Waals surface area contributed by atoms with Gasteiger partial charge in [0, 0.05) is 11.8 Å². The number of alkyl halides is 3. The topological polar surface area (TPSA) is 31.2 Å². The molecule has 21 heavy (non-hydrogen) atoms. The zero-order valence-corrected chi connectivity index (χ0v) is 11.6. The molecule has 0 radical (unpaired) electrons. The highest BCUT2D eigenvalue weighted by molar-refractivity contribution is 5.81. The number of halogens is 3. The van der Waals surface area contributed by atoms with E-state index in [1.54, 1.807) is 6.07 Å². The second-order valence-corrected chi connectivity index (χ2v) is 4.43. The van der Waals surface area contributed by atoms with Crippen LogP contribution in [0.1, 0.15) is 18.1 Å². The number of carbonyl (C=O) groups excluding carboxylic acids is 1. The van der Waals surface area contributed by atoms with Crippen molar-refractivity contribution in [2.24, 2.45) is 0 Å². The van der Waals surface area contributed by atoms with Gasteiger partial charge >= 0.3 is 12.3 Å². The fraction of sp³-hybridized carbons (Fsp3) is 0.267. The van der Waals surface area contributed by atoms with Crippen molar-refractivity contribution in [1.82, 2.24) is 4.57 Å². The highest BCUT2D eigenvalue weighted by Crippen LogP contribution is 2.38. The Balaban J connectivity index is 2.73. The predicted octanol–water partition coefficient (Wildman–Crippen LogP) is 4.35. The van der Waals surface area contributed by atoms with Gasteiger partial charge in [-0.3, -0.25) is 4.57 Å². The summed E-state index contributed by atoms with van der Waals surface area (Å²) >= 11 is 0. The molecule has 0 amide bonds. The summed E-state index contributed by atoms with van der Waals surface area (Å²) < 4.78 is 45.2. The maximum atomic E-state index is 13.2. The van der Waals surface area contributed by atoms with Gasteiger partial charge in [0.05, 0.1) is 18.4 Å². The Morgan fingerprint density at radius 3 is 2.48 bits per heavy atom. The Bertz CT molecular complexity index is 659. The molecule has 2 aromatic rings. The number of aromatic nitrogens is 1. The van der Waals surface area contributed by atoms with Crippen LogP contribution in [0.2, 0.25) is 0 Å². The number of benzene rings is 1. The molecule has 0 aliphatic carbocycles. The number of hydrogen-bond acceptors (Lipinski definition) is 2. The lowest BCUT2D eigenvalue weighted by atomic mass is 10.00. The summed E-state index contributed by atoms with van der Waals surface area (Å²) in [7, 11) is 1.19. The number of aryl methyl sites for hydroxylation is 1. The second-order valence-electron chi connectivity index (χ2n) is 4.43. The van der Waals surface area contributed by atoms with Crippen molar-refractivity contribution in [2.75, 3.05) is 7.11 Å². The minimum atomic E-state index is -4.49. The quantitative estimate of drug-likeness (QED) is 0.825. The molecule has 0 fully saturated rings. The lowest BCUT2D eigenvalue weighted by Crippen LogP contribution is -2.14. The molecular weight excluding hydrogens is 283 g/mol. The molecule has 3 nitrogen and oxygen atoms in total. The standard InChI is InChI=1S/C15H14F3NO2/c1-3-10-8-9-19(14(20)21-2)13(10)11-6-4-5-7-12(11)15(16,17)18/h4-9H,3H2,1-2H3. The summed E-state index contributed by atoms with van der Waals surface area (Å²) in [6, 6.07) is 6.82. The molecule has 6 heteroatoms. The van der Waals surface area contributed by atoms with Crippen LogP contribution in [0.25, 0.3) is 11.3 Å². The van der Waals surface area contributed by atoms with Crippen molar-refractivity contribution in [3.05, 3.63) is 47.7 Å². The van der Waals surface area contributed by atoms with E-state index in [4.69, 9.17) is 0 Å². The summed E-state index contributed by atoms with van der Waals surface area (Å²) in [6.45, 7) is 1.82. The minimum Gasteiger partial charge on any atom is -0.452 e. The molecular formula is C15H14F3NO2. The summed E-state index contributed by atoms with van der Waals surface area (Å²) in [6.07, 6.45) is -3.28. The van der Waals surface area contributed by atoms with Crippen molar-refractivity contribution in [2.45, 2.75) is 19.5 Å². The highest BCUT2D eigenvalue weighted by Gasteiger charge is 2.34. The van der Waals surface area contributed by atoms with Gasteiger partial charge in [-0.1, -0.05) is 25.1 Å². The van der Waals surface area contributed by atoms with Gasteiger partial charge < -0.3 is 4.74 Å². The fourth-order valence-corrected chi connectivity index (χ4v) is 2.25. The molecule has 0 aliphatic heterocycles. The third-order valence-electron chi connectivity index (χ3n) is 3.21. The van der Waals surface area contributed by atoms with Gasteiger partial charge in [0.15, 0.2) is 0 Å². The first-order chi connectivity index (χ1) is 9.90. The Kier molecular flexibility index (Phi) is 4.06. The lowest BCUT2D eigenvalue weighted by Gasteiger charge is -2.15. The predicted molar refractivity (Wildman–Crippen MR) is 72.1 cm³/mol. The molecule has 0 unspecified atom stereocenters. The van der Waals surface area contributed by atoms with Crippen molar-refractivity contribution in [3.63, 3.8) is 0 Å². The Morgan fingerprint density at radius 2 is 1.90 bits per heavy atom. The van der Waals surface area contributed by atoms with E-state index in [0.29, 0.717) is 12.0 Å². The molecule has 0 saturated heterocycles. The largest absolute Gasteiger partial charge is 0.452 e. The van der Waals surface area contributed by atoms with Crippen LogP contribution in [-0.2, 0) is 17.3 Å². The van der Waals surface area contributed by atoms with Crippen molar-refractivity contribution in [1.29, 1.82) is 0 Å². The summed E-state index contributed by atoms with van der Waals surface area (Å²) in [4.78, 5) is 11.8. The van der Waals surface area contributed by atoms with E-state index in [9.17, 15) is 18.0 Å². The third kappa shape index (κ3) is 2.79. The van der Waals surface area contributed by atoms with Gasteiger partial charge in [0.1, 0.15) is 0 Å². The van der Waals surface area contributed by atoms with Gasteiger partial charge in [-0.05, 0) is 24.1 Å². The van der Waals surface area contributed by atoms with Crippen LogP contribution in [0.5, 0.6) is 0 Å². The molecule has 0 bridgehead atoms. The first-order valence-corrected chi connectivity index (χ1v) is 6.35. The molecule has 0 atom stereocenters. The first-order valence-electron chi connectivity index (χ1n) is 6.35. The molecule has 0 N–H and O–H groups in total. The van der Waals surface area contributed by atoms with Crippen LogP contribution in [0, 0.1) is 0 Å². The number of hydrogen-bond donors (Lipinski definition) is 0. The van der Waals surface area contributed by atoms with Crippen LogP contribution >= 0.6 is 0 Å². The SMILES string of the molecule is CCc1ccn(C(=O)OC)c1-c1ccccc1C(F)(F)F. The van der Waals surface area contributed by atoms with Gasteiger partial charge in [-0.25, -0.2) is 4.79 Å². The van der Waals surface area contributed by atoms with E-state index < -0.39 is 17.8 Å². The van der Waals surface area contributed by atoms with E-state index in [1.807, 2.05) is 6.92 Å². The van der Waals surface area contributed by atoms with Crippen LogP contribution in [0.4, 0.5) is 18.0 Å². The summed E-state index contributed by atoms with van der Waals surface area (Å²) in [5.74, 6) is 0. The molecule has 1 aromatic heterocycles. The Labute approximate surface area is 120 Å². The van der Waals surface area contributed by atoms with E-state index in [2.05, 4.69) is 4.74 Å². The Hall–Kier alpha value is -2.24. The average molecular weight is 297 g/mol. The normalized spacial score (nSPS) is 11.5. The number of carbonyl (C=O) groups is 1. The number of nitrogens with zero attached hydrogens (tertiary/aromatic N) is 1. The van der Waals surface area contributed by atoms with Crippen molar-refractivity contribution in [3.8, 4) is 11.3 Å². The van der Waals surface area contributed by atoms with Gasteiger partial charge in [0.2, 0.25) is 0 Å². The molecule has 0 aliphatic rings. The van der Waals surface area contributed by atoms with Crippen molar-refractivity contribution >= 4 is 6.09 Å². The van der Waals surface area contributed by atoms with Gasteiger partial charge in [0.25, 0.3) is 0 Å². The lowest BCUT2D eigenvalue weighted by molar-refractivity contribution is -0.137. The zero-order chi connectivity index (χ0) is 15.6. The van der Waals surface area contributed by atoms with Gasteiger partial charge in [-0.2, -0.15) is 13.2 Å². The molecule has 2 rings (SSSR count). The average Bonchev–Trinajstić information content (AvgIpc) is 2.89. The summed E-state index contributed by atoms with van der Waals surface area (Å²) in [5, 5.41) is 0. The molecule has 1 aromatic carbocycles. The van der Waals surface area contributed by atoms with Crippen LogP contribution in [-0.4, -0.2) is 17.8 Å². The maximum absolute atomic E-state index is 13.2. The van der Waals surface area contributed by atoms with Crippen LogP contribution < -0.4 is 0 Å². The zero-order valence-electron chi connectivity index (χ0n) is 11.6. The first kappa shape index (κ1) is 15.2. The third-order valence-corrected chi connectivity index (χ3v) is 3.21. The smallest absolute Gasteiger partial charge is 0.418 e. The van der Waals surface area contributed by atoms with E-state index in [1.165, 1.54) is 31.5 Å². The molecule has 0 saturated carbocycles. The Morgan fingerprint density at radius 1 is 1.24 bits per heavy atom. The number of methoxy groups -OCH3 is 1. The van der Waals surface area contributed by atoms with E-state index >= 15 is 0 Å². The van der Waals surface area contributed by atoms with Crippen LogP contribution in [0.15, 0.2) is 36.5 Å². The monoisotopic (exact) mass is 297 g/mol. The number of ether oxygens (including phenoxy) is 1. The van der Waals surface area contributed by atoms with Gasteiger partial charge in [-0.15, -0.1) is 0 Å². The summed E-state index contributed by atoms with van der Waals surface area (Å²) in [5.41, 5.74) is 0.0650. The van der Waals surface area contributed by atoms with E-state index in [-0.39, 0.29) is 11.3 Å². The molecule has 1 heterocycles. The minimum absolute atomic E-state index is 0.0303. The van der Waals surface area contributed by atoms with E-state index in [0.717, 1.165) is 10.6 Å². The maximum Gasteiger partial charge on any atom is 0.418 e. The fourth-order valence-electron chi connectivity index (χ4n) is 2.25. The molecule has 0 spiro atoms. The highest BCUT2D eigenvalue weighted by atomic mass is 19.4. The van der Waals surface area contributed by atoms with Crippen LogP contribution in [0.3, 0.4) is 0 Å². The second kappa shape index (κ2) is 5.63.